The minimum absolute atomic E-state index is 0.0626. The molecule has 0 spiro atoms. The normalized spacial score (nSPS) is 22.6. The van der Waals surface area contributed by atoms with E-state index in [1.54, 1.807) is 24.3 Å². The molecule has 4 heteroatoms. The van der Waals surface area contributed by atoms with Gasteiger partial charge in [-0.25, -0.2) is 0 Å². The highest BCUT2D eigenvalue weighted by Crippen LogP contribution is 2.28. The lowest BCUT2D eigenvalue weighted by molar-refractivity contribution is -0.123. The topological polar surface area (TPSA) is 64.3 Å². The van der Waals surface area contributed by atoms with Crippen LogP contribution in [-0.4, -0.2) is 18.6 Å². The van der Waals surface area contributed by atoms with Crippen molar-refractivity contribution in [3.8, 4) is 5.75 Å². The van der Waals surface area contributed by atoms with Crippen LogP contribution in [0.3, 0.4) is 0 Å². The van der Waals surface area contributed by atoms with Gasteiger partial charge < -0.3 is 15.8 Å². The van der Waals surface area contributed by atoms with Crippen molar-refractivity contribution in [1.29, 1.82) is 0 Å². The number of anilines is 1. The molecular formula is C12H16N2O2. The summed E-state index contributed by atoms with van der Waals surface area (Å²) in [7, 11) is 0. The molecule has 2 atom stereocenters. The van der Waals surface area contributed by atoms with Crippen molar-refractivity contribution in [2.75, 3.05) is 12.3 Å². The number of hydrogen-bond donors (Lipinski definition) is 2. The first-order chi connectivity index (χ1) is 7.65. The van der Waals surface area contributed by atoms with Crippen LogP contribution in [-0.2, 0) is 4.79 Å². The number of benzene rings is 1. The number of carbonyl (C=O) groups excluding carboxylic acids is 1. The summed E-state index contributed by atoms with van der Waals surface area (Å²) in [5, 5.41) is 2.90. The van der Waals surface area contributed by atoms with Crippen LogP contribution in [0.4, 0.5) is 5.69 Å². The predicted molar refractivity (Wildman–Crippen MR) is 62.1 cm³/mol. The molecule has 2 rings (SSSR count). The van der Waals surface area contributed by atoms with Crippen molar-refractivity contribution in [2.24, 2.45) is 5.92 Å². The van der Waals surface area contributed by atoms with Gasteiger partial charge in [0.2, 0.25) is 0 Å². The van der Waals surface area contributed by atoms with E-state index >= 15 is 0 Å². The fraction of sp³-hybridized carbons (Fsp3) is 0.417. The lowest BCUT2D eigenvalue weighted by atomic mass is 10.3. The van der Waals surface area contributed by atoms with E-state index in [2.05, 4.69) is 12.2 Å². The Morgan fingerprint density at radius 1 is 1.50 bits per heavy atom. The van der Waals surface area contributed by atoms with Gasteiger partial charge >= 0.3 is 0 Å². The third kappa shape index (κ3) is 2.89. The van der Waals surface area contributed by atoms with Crippen molar-refractivity contribution in [3.05, 3.63) is 24.3 Å². The molecule has 0 aliphatic heterocycles. The number of hydrogen-bond acceptors (Lipinski definition) is 3. The standard InChI is InChI=1S/C12H16N2O2/c1-8-6-11(8)14-12(15)7-16-10-4-2-9(13)3-5-10/h2-5,8,11H,6-7,13H2,1H3,(H,14,15). The summed E-state index contributed by atoms with van der Waals surface area (Å²) >= 11 is 0. The molecule has 1 aliphatic carbocycles. The van der Waals surface area contributed by atoms with Gasteiger partial charge in [0.25, 0.3) is 5.91 Å². The second-order valence-electron chi connectivity index (χ2n) is 4.24. The number of nitrogens with one attached hydrogen (secondary N) is 1. The first kappa shape index (κ1) is 10.8. The van der Waals surface area contributed by atoms with Gasteiger partial charge in [0.15, 0.2) is 6.61 Å². The second kappa shape index (κ2) is 4.43. The Labute approximate surface area is 94.8 Å². The number of rotatable bonds is 4. The largest absolute Gasteiger partial charge is 0.484 e. The summed E-state index contributed by atoms with van der Waals surface area (Å²) in [6, 6.07) is 7.35. The molecule has 0 heterocycles. The van der Waals surface area contributed by atoms with Crippen molar-refractivity contribution >= 4 is 11.6 Å². The zero-order valence-electron chi connectivity index (χ0n) is 9.27. The molecule has 0 bridgehead atoms. The molecule has 1 fully saturated rings. The van der Waals surface area contributed by atoms with Gasteiger partial charge in [-0.3, -0.25) is 4.79 Å². The molecular weight excluding hydrogens is 204 g/mol. The van der Waals surface area contributed by atoms with Crippen LogP contribution < -0.4 is 15.8 Å². The molecule has 1 aromatic carbocycles. The van der Waals surface area contributed by atoms with Crippen LogP contribution in [0.15, 0.2) is 24.3 Å². The number of nitrogens with two attached hydrogens (primary N) is 1. The van der Waals surface area contributed by atoms with Crippen molar-refractivity contribution in [3.63, 3.8) is 0 Å². The molecule has 1 amide bonds. The molecule has 3 N–H and O–H groups in total. The maximum atomic E-state index is 11.4. The monoisotopic (exact) mass is 220 g/mol. The zero-order chi connectivity index (χ0) is 11.5. The quantitative estimate of drug-likeness (QED) is 0.749. The molecule has 16 heavy (non-hydrogen) atoms. The van der Waals surface area contributed by atoms with Gasteiger partial charge in [-0.05, 0) is 36.6 Å². The molecule has 1 aliphatic rings. The number of carbonyl (C=O) groups is 1. The van der Waals surface area contributed by atoms with Gasteiger partial charge in [-0.1, -0.05) is 6.92 Å². The molecule has 1 aromatic rings. The van der Waals surface area contributed by atoms with Gasteiger partial charge in [-0.15, -0.1) is 0 Å². The Kier molecular flexibility index (Phi) is 2.99. The minimum Gasteiger partial charge on any atom is -0.484 e. The average Bonchev–Trinajstić information content (AvgIpc) is 2.93. The van der Waals surface area contributed by atoms with Crippen LogP contribution in [0.25, 0.3) is 0 Å². The Balaban J connectivity index is 1.74. The second-order valence-corrected chi connectivity index (χ2v) is 4.24. The van der Waals surface area contributed by atoms with Crippen molar-refractivity contribution in [1.82, 2.24) is 5.32 Å². The van der Waals surface area contributed by atoms with Gasteiger partial charge in [-0.2, -0.15) is 0 Å². The van der Waals surface area contributed by atoms with Crippen molar-refractivity contribution < 1.29 is 9.53 Å². The molecule has 0 aromatic heterocycles. The van der Waals surface area contributed by atoms with E-state index in [0.29, 0.717) is 23.4 Å². The van der Waals surface area contributed by atoms with Gasteiger partial charge in [0, 0.05) is 11.7 Å². The summed E-state index contributed by atoms with van der Waals surface area (Å²) in [4.78, 5) is 11.4. The van der Waals surface area contributed by atoms with Gasteiger partial charge in [0.1, 0.15) is 5.75 Å². The third-order valence-corrected chi connectivity index (χ3v) is 2.71. The maximum absolute atomic E-state index is 11.4. The zero-order valence-corrected chi connectivity index (χ0v) is 9.27. The highest BCUT2D eigenvalue weighted by Gasteiger charge is 2.33. The van der Waals surface area contributed by atoms with Crippen LogP contribution >= 0.6 is 0 Å². The molecule has 4 nitrogen and oxygen atoms in total. The summed E-state index contributed by atoms with van der Waals surface area (Å²) in [6.07, 6.45) is 1.08. The fourth-order valence-corrected chi connectivity index (χ4v) is 1.48. The summed E-state index contributed by atoms with van der Waals surface area (Å²) in [5.74, 6) is 1.21. The third-order valence-electron chi connectivity index (χ3n) is 2.71. The Hall–Kier alpha value is -1.71. The minimum atomic E-state index is -0.0637. The number of nitrogen functional groups attached to an aromatic ring is 1. The van der Waals surface area contributed by atoms with E-state index in [1.807, 2.05) is 0 Å². The van der Waals surface area contributed by atoms with E-state index in [9.17, 15) is 4.79 Å². The Morgan fingerprint density at radius 3 is 2.69 bits per heavy atom. The van der Waals surface area contributed by atoms with Crippen LogP contribution in [0.2, 0.25) is 0 Å². The van der Waals surface area contributed by atoms with E-state index in [0.717, 1.165) is 6.42 Å². The maximum Gasteiger partial charge on any atom is 0.258 e. The van der Waals surface area contributed by atoms with Crippen LogP contribution in [0, 0.1) is 5.92 Å². The van der Waals surface area contributed by atoms with Gasteiger partial charge in [0.05, 0.1) is 0 Å². The highest BCUT2D eigenvalue weighted by atomic mass is 16.5. The first-order valence-corrected chi connectivity index (χ1v) is 5.43. The fourth-order valence-electron chi connectivity index (χ4n) is 1.48. The summed E-state index contributed by atoms with van der Waals surface area (Å²) in [5.41, 5.74) is 6.22. The summed E-state index contributed by atoms with van der Waals surface area (Å²) in [6.45, 7) is 2.18. The van der Waals surface area contributed by atoms with E-state index in [1.165, 1.54) is 0 Å². The lowest BCUT2D eigenvalue weighted by Crippen LogP contribution is -2.31. The SMILES string of the molecule is CC1CC1NC(=O)COc1ccc(N)cc1. The molecule has 1 saturated carbocycles. The predicted octanol–water partition coefficient (Wildman–Crippen LogP) is 1.17. The lowest BCUT2D eigenvalue weighted by Gasteiger charge is -2.06. The first-order valence-electron chi connectivity index (χ1n) is 5.43. The Bertz CT molecular complexity index is 375. The molecule has 0 radical (unpaired) electrons. The highest BCUT2D eigenvalue weighted by molar-refractivity contribution is 5.78. The Morgan fingerprint density at radius 2 is 2.12 bits per heavy atom. The van der Waals surface area contributed by atoms with Crippen LogP contribution in [0.5, 0.6) is 5.75 Å². The van der Waals surface area contributed by atoms with E-state index in [4.69, 9.17) is 10.5 Å². The van der Waals surface area contributed by atoms with E-state index < -0.39 is 0 Å². The average molecular weight is 220 g/mol. The molecule has 2 unspecified atom stereocenters. The number of amides is 1. The van der Waals surface area contributed by atoms with E-state index in [-0.39, 0.29) is 12.5 Å². The summed E-state index contributed by atoms with van der Waals surface area (Å²) < 4.78 is 5.32. The molecule has 0 saturated heterocycles. The number of ether oxygens (including phenoxy) is 1. The van der Waals surface area contributed by atoms with Crippen LogP contribution in [0.1, 0.15) is 13.3 Å². The smallest absolute Gasteiger partial charge is 0.258 e. The van der Waals surface area contributed by atoms with Crippen molar-refractivity contribution in [2.45, 2.75) is 19.4 Å². The molecule has 86 valence electrons.